The van der Waals surface area contributed by atoms with Crippen LogP contribution in [0.5, 0.6) is 0 Å². The molecule has 0 bridgehead atoms. The van der Waals surface area contributed by atoms with Gasteiger partial charge < -0.3 is 0 Å². The molecule has 2 rings (SSSR count). The van der Waals surface area contributed by atoms with Crippen LogP contribution in [0.2, 0.25) is 0 Å². The van der Waals surface area contributed by atoms with Gasteiger partial charge in [0.1, 0.15) is 0 Å². The molecule has 100 valence electrons. The normalized spacial score (nSPS) is 10.1. The van der Waals surface area contributed by atoms with Gasteiger partial charge in [-0.2, -0.15) is 0 Å². The predicted octanol–water partition coefficient (Wildman–Crippen LogP) is 6.16. The van der Waals surface area contributed by atoms with Crippen LogP contribution in [-0.4, -0.2) is 0 Å². The van der Waals surface area contributed by atoms with Crippen molar-refractivity contribution in [3.05, 3.63) is 46.5 Å². The fourth-order valence-electron chi connectivity index (χ4n) is 2.28. The second kappa shape index (κ2) is 6.04. The molecule has 0 saturated heterocycles. The minimum Gasteiger partial charge on any atom is -0.0776 e. The Labute approximate surface area is 113 Å². The van der Waals surface area contributed by atoms with E-state index in [0.29, 0.717) is 5.92 Å². The lowest BCUT2D eigenvalue weighted by Crippen LogP contribution is -1.93. The highest BCUT2D eigenvalue weighted by atomic mass is 14.1. The third-order valence-corrected chi connectivity index (χ3v) is 3.50. The SMILES string of the molecule is C.C.Cc1cc2c(C)ccc(C(C)C)c2cc1C. The van der Waals surface area contributed by atoms with Crippen LogP contribution in [0.15, 0.2) is 24.3 Å². The van der Waals surface area contributed by atoms with Gasteiger partial charge in [-0.15, -0.1) is 0 Å². The van der Waals surface area contributed by atoms with Gasteiger partial charge in [-0.3, -0.25) is 0 Å². The van der Waals surface area contributed by atoms with E-state index in [1.54, 1.807) is 0 Å². The van der Waals surface area contributed by atoms with Gasteiger partial charge in [0.05, 0.1) is 0 Å². The molecular weight excluding hydrogens is 216 g/mol. The van der Waals surface area contributed by atoms with Crippen molar-refractivity contribution < 1.29 is 0 Å². The average molecular weight is 244 g/mol. The minimum atomic E-state index is 0. The molecule has 0 N–H and O–H groups in total. The van der Waals surface area contributed by atoms with Gasteiger partial charge in [-0.25, -0.2) is 0 Å². The van der Waals surface area contributed by atoms with Crippen LogP contribution in [0.3, 0.4) is 0 Å². The Kier molecular flexibility index (Phi) is 5.60. The predicted molar refractivity (Wildman–Crippen MR) is 85.7 cm³/mol. The summed E-state index contributed by atoms with van der Waals surface area (Å²) in [6.45, 7) is 11.1. The average Bonchev–Trinajstić information content (AvgIpc) is 2.21. The standard InChI is InChI=1S/C16H20.2CH4/c1-10(2)14-7-6-11(3)15-8-12(4)13(5)9-16(14)15;;/h6-10H,1-5H3;2*1H4. The third-order valence-electron chi connectivity index (χ3n) is 3.50. The Hall–Kier alpha value is -1.30. The third kappa shape index (κ3) is 2.75. The maximum absolute atomic E-state index is 2.34. The molecule has 0 fully saturated rings. The first kappa shape index (κ1) is 16.7. The van der Waals surface area contributed by atoms with Gasteiger partial charge in [0.25, 0.3) is 0 Å². The first-order valence-electron chi connectivity index (χ1n) is 6.01. The molecule has 0 heteroatoms. The van der Waals surface area contributed by atoms with Crippen molar-refractivity contribution in [2.45, 2.75) is 55.4 Å². The van der Waals surface area contributed by atoms with E-state index in [1.807, 2.05) is 0 Å². The Morgan fingerprint density at radius 1 is 0.722 bits per heavy atom. The maximum atomic E-state index is 2.34. The molecule has 2 aromatic rings. The summed E-state index contributed by atoms with van der Waals surface area (Å²) in [5.41, 5.74) is 5.61. The molecule has 0 saturated carbocycles. The van der Waals surface area contributed by atoms with Crippen molar-refractivity contribution in [1.29, 1.82) is 0 Å². The smallest absolute Gasteiger partial charge is 0.0144 e. The van der Waals surface area contributed by atoms with E-state index >= 15 is 0 Å². The summed E-state index contributed by atoms with van der Waals surface area (Å²) >= 11 is 0. The lowest BCUT2D eigenvalue weighted by molar-refractivity contribution is 0.876. The fraction of sp³-hybridized carbons (Fsp3) is 0.444. The molecule has 2 aromatic carbocycles. The van der Waals surface area contributed by atoms with Crippen molar-refractivity contribution in [2.75, 3.05) is 0 Å². The van der Waals surface area contributed by atoms with Crippen molar-refractivity contribution in [3.63, 3.8) is 0 Å². The molecule has 0 radical (unpaired) electrons. The van der Waals surface area contributed by atoms with Gasteiger partial charge in [-0.1, -0.05) is 53.0 Å². The van der Waals surface area contributed by atoms with E-state index < -0.39 is 0 Å². The molecule has 0 amide bonds. The van der Waals surface area contributed by atoms with Crippen LogP contribution in [0.1, 0.15) is 56.9 Å². The molecule has 18 heavy (non-hydrogen) atoms. The quantitative estimate of drug-likeness (QED) is 0.563. The van der Waals surface area contributed by atoms with Crippen molar-refractivity contribution in [2.24, 2.45) is 0 Å². The van der Waals surface area contributed by atoms with Gasteiger partial charge in [-0.05, 0) is 59.7 Å². The summed E-state index contributed by atoms with van der Waals surface area (Å²) in [5, 5.41) is 2.84. The van der Waals surface area contributed by atoms with Crippen LogP contribution in [0.4, 0.5) is 0 Å². The summed E-state index contributed by atoms with van der Waals surface area (Å²) in [6.07, 6.45) is 0. The molecule has 0 spiro atoms. The topological polar surface area (TPSA) is 0 Å². The Balaban J connectivity index is 0.00000144. The molecular formula is C18H28. The Morgan fingerprint density at radius 3 is 1.72 bits per heavy atom. The zero-order chi connectivity index (χ0) is 11.9. The van der Waals surface area contributed by atoms with Gasteiger partial charge in [0, 0.05) is 0 Å². The lowest BCUT2D eigenvalue weighted by atomic mass is 9.91. The summed E-state index contributed by atoms with van der Waals surface area (Å²) in [4.78, 5) is 0. The van der Waals surface area contributed by atoms with Gasteiger partial charge in [0.2, 0.25) is 0 Å². The maximum Gasteiger partial charge on any atom is -0.0144 e. The van der Waals surface area contributed by atoms with Crippen LogP contribution >= 0.6 is 0 Å². The van der Waals surface area contributed by atoms with Crippen molar-refractivity contribution >= 4 is 10.8 Å². The van der Waals surface area contributed by atoms with Crippen LogP contribution in [-0.2, 0) is 0 Å². The Morgan fingerprint density at radius 2 is 1.22 bits per heavy atom. The van der Waals surface area contributed by atoms with E-state index in [9.17, 15) is 0 Å². The highest BCUT2D eigenvalue weighted by molar-refractivity contribution is 5.90. The van der Waals surface area contributed by atoms with Gasteiger partial charge >= 0.3 is 0 Å². The van der Waals surface area contributed by atoms with E-state index in [4.69, 9.17) is 0 Å². The number of fused-ring (bicyclic) bond motifs is 1. The van der Waals surface area contributed by atoms with Crippen LogP contribution in [0.25, 0.3) is 10.8 Å². The second-order valence-electron chi connectivity index (χ2n) is 5.11. The molecule has 0 aliphatic carbocycles. The summed E-state index contributed by atoms with van der Waals surface area (Å²) in [5.74, 6) is 0.588. The molecule has 0 aromatic heterocycles. The first-order valence-corrected chi connectivity index (χ1v) is 6.01. The molecule has 0 unspecified atom stereocenters. The van der Waals surface area contributed by atoms with Gasteiger partial charge in [0.15, 0.2) is 0 Å². The monoisotopic (exact) mass is 244 g/mol. The lowest BCUT2D eigenvalue weighted by Gasteiger charge is -2.14. The highest BCUT2D eigenvalue weighted by Gasteiger charge is 2.08. The molecule has 0 heterocycles. The summed E-state index contributed by atoms with van der Waals surface area (Å²) < 4.78 is 0. The molecule has 0 aliphatic rings. The minimum absolute atomic E-state index is 0. The van der Waals surface area contributed by atoms with Crippen LogP contribution in [0, 0.1) is 20.8 Å². The highest BCUT2D eigenvalue weighted by Crippen LogP contribution is 2.29. The van der Waals surface area contributed by atoms with E-state index in [-0.39, 0.29) is 14.9 Å². The van der Waals surface area contributed by atoms with E-state index in [1.165, 1.54) is 33.0 Å². The van der Waals surface area contributed by atoms with E-state index in [0.717, 1.165) is 0 Å². The number of rotatable bonds is 1. The van der Waals surface area contributed by atoms with Crippen molar-refractivity contribution in [3.8, 4) is 0 Å². The number of hydrogen-bond donors (Lipinski definition) is 0. The van der Waals surface area contributed by atoms with Crippen LogP contribution < -0.4 is 0 Å². The largest absolute Gasteiger partial charge is 0.0776 e. The number of hydrogen-bond acceptors (Lipinski definition) is 0. The summed E-state index contributed by atoms with van der Waals surface area (Å²) in [7, 11) is 0. The number of aryl methyl sites for hydroxylation is 3. The zero-order valence-corrected chi connectivity index (χ0v) is 10.9. The Bertz CT molecular complexity index is 533. The molecule has 0 nitrogen and oxygen atoms in total. The number of benzene rings is 2. The first-order chi connectivity index (χ1) is 7.50. The summed E-state index contributed by atoms with van der Waals surface area (Å²) in [6, 6.07) is 9.18. The molecule has 0 aliphatic heterocycles. The zero-order valence-electron chi connectivity index (χ0n) is 10.9. The fourth-order valence-corrected chi connectivity index (χ4v) is 2.28. The molecule has 0 atom stereocenters. The second-order valence-corrected chi connectivity index (χ2v) is 5.11. The van der Waals surface area contributed by atoms with Crippen molar-refractivity contribution in [1.82, 2.24) is 0 Å². The van der Waals surface area contributed by atoms with E-state index in [2.05, 4.69) is 58.9 Å².